The zero-order valence-electron chi connectivity index (χ0n) is 19.8. The Labute approximate surface area is 199 Å². The van der Waals surface area contributed by atoms with Crippen LogP contribution in [0.2, 0.25) is 0 Å². The summed E-state index contributed by atoms with van der Waals surface area (Å²) >= 11 is 0. The van der Waals surface area contributed by atoms with E-state index in [9.17, 15) is 9.90 Å². The third-order valence-corrected chi connectivity index (χ3v) is 6.45. The van der Waals surface area contributed by atoms with E-state index in [1.165, 1.54) is 10.5 Å². The number of hydrogen-bond donors (Lipinski definition) is 3. The smallest absolute Gasteiger partial charge is 0.407 e. The number of carboxylic acid groups (broad SMARTS) is 1. The maximum absolute atomic E-state index is 11.0. The first-order valence-electron chi connectivity index (χ1n) is 11.8. The molecule has 4 rings (SSSR count). The van der Waals surface area contributed by atoms with E-state index in [0.29, 0.717) is 52.0 Å². The molecule has 0 bridgehead atoms. The summed E-state index contributed by atoms with van der Waals surface area (Å²) in [6.07, 6.45) is 2.43. The van der Waals surface area contributed by atoms with Crippen LogP contribution in [-0.2, 0) is 6.42 Å². The maximum Gasteiger partial charge on any atom is 0.407 e. The number of pyridine rings is 1. The molecular formula is C25H33N5O4. The Balaban J connectivity index is 1.28. The number of amides is 1. The molecule has 1 unspecified atom stereocenters. The second-order valence-corrected chi connectivity index (χ2v) is 9.20. The van der Waals surface area contributed by atoms with Gasteiger partial charge in [0.1, 0.15) is 5.75 Å². The molecule has 1 atom stereocenters. The molecule has 1 aromatic carbocycles. The van der Waals surface area contributed by atoms with Crippen molar-refractivity contribution in [3.8, 4) is 5.75 Å². The summed E-state index contributed by atoms with van der Waals surface area (Å²) < 4.78 is 7.82. The lowest BCUT2D eigenvalue weighted by Gasteiger charge is -2.37. The molecule has 1 aliphatic heterocycles. The van der Waals surface area contributed by atoms with Gasteiger partial charge in [0.25, 0.3) is 0 Å². The van der Waals surface area contributed by atoms with Crippen molar-refractivity contribution in [3.05, 3.63) is 59.5 Å². The number of aryl methyl sites for hydroxylation is 1. The summed E-state index contributed by atoms with van der Waals surface area (Å²) in [5.41, 5.74) is 2.17. The van der Waals surface area contributed by atoms with E-state index in [2.05, 4.69) is 34.5 Å². The van der Waals surface area contributed by atoms with Crippen LogP contribution in [-0.4, -0.2) is 74.2 Å². The highest BCUT2D eigenvalue weighted by atomic mass is 16.5. The van der Waals surface area contributed by atoms with Gasteiger partial charge in [0, 0.05) is 38.5 Å². The van der Waals surface area contributed by atoms with E-state index in [0.717, 1.165) is 22.8 Å². The Kier molecular flexibility index (Phi) is 7.33. The summed E-state index contributed by atoms with van der Waals surface area (Å²) in [6, 6.07) is 12.3. The quantitative estimate of drug-likeness (QED) is 0.415. The molecule has 0 radical (unpaired) electrons. The number of nitrogens with one attached hydrogen (secondary N) is 1. The van der Waals surface area contributed by atoms with Crippen LogP contribution in [0.25, 0.3) is 5.65 Å². The Morgan fingerprint density at radius 1 is 1.26 bits per heavy atom. The third-order valence-electron chi connectivity index (χ3n) is 6.45. The second kappa shape index (κ2) is 10.4. The zero-order valence-corrected chi connectivity index (χ0v) is 19.8. The molecule has 1 saturated heterocycles. The maximum atomic E-state index is 11.0. The fourth-order valence-electron chi connectivity index (χ4n) is 4.26. The minimum Gasteiger partial charge on any atom is -0.491 e. The van der Waals surface area contributed by atoms with Gasteiger partial charge in [-0.25, -0.2) is 14.3 Å². The highest BCUT2D eigenvalue weighted by Crippen LogP contribution is 2.22. The topological polar surface area (TPSA) is 112 Å². The first-order valence-corrected chi connectivity index (χ1v) is 11.8. The largest absolute Gasteiger partial charge is 0.491 e. The number of benzene rings is 1. The number of rotatable bonds is 9. The lowest BCUT2D eigenvalue weighted by Crippen LogP contribution is -2.51. The van der Waals surface area contributed by atoms with E-state index >= 15 is 0 Å². The van der Waals surface area contributed by atoms with Gasteiger partial charge in [-0.3, -0.25) is 0 Å². The van der Waals surface area contributed by atoms with Crippen LogP contribution in [0.1, 0.15) is 42.6 Å². The van der Waals surface area contributed by atoms with Crippen LogP contribution in [0.5, 0.6) is 5.75 Å². The first kappa shape index (κ1) is 24.0. The van der Waals surface area contributed by atoms with E-state index < -0.39 is 11.7 Å². The van der Waals surface area contributed by atoms with Crippen molar-refractivity contribution in [2.75, 3.05) is 32.8 Å². The van der Waals surface area contributed by atoms with Gasteiger partial charge in [0.15, 0.2) is 11.5 Å². The minimum absolute atomic E-state index is 0.278. The third kappa shape index (κ3) is 5.84. The number of fused-ring (bicyclic) bond motifs is 1. The molecule has 1 aliphatic rings. The van der Waals surface area contributed by atoms with Gasteiger partial charge in [-0.1, -0.05) is 37.3 Å². The van der Waals surface area contributed by atoms with Gasteiger partial charge in [-0.05, 0) is 37.0 Å². The SMILES string of the molecule is Cc1cc(OCC(C)c2ccccc2)cn2nc(CCNCC3(O)CCN(C(=O)O)CC3)nc12. The van der Waals surface area contributed by atoms with E-state index in [1.54, 1.807) is 4.52 Å². The second-order valence-electron chi connectivity index (χ2n) is 9.20. The van der Waals surface area contributed by atoms with Crippen LogP contribution in [0.3, 0.4) is 0 Å². The average molecular weight is 468 g/mol. The van der Waals surface area contributed by atoms with Crippen molar-refractivity contribution >= 4 is 11.7 Å². The van der Waals surface area contributed by atoms with Gasteiger partial charge < -0.3 is 25.2 Å². The fourth-order valence-corrected chi connectivity index (χ4v) is 4.26. The van der Waals surface area contributed by atoms with Crippen molar-refractivity contribution in [2.45, 2.75) is 44.6 Å². The fraction of sp³-hybridized carbons (Fsp3) is 0.480. The Morgan fingerprint density at radius 3 is 2.71 bits per heavy atom. The average Bonchev–Trinajstić information content (AvgIpc) is 3.25. The number of ether oxygens (including phenoxy) is 1. The molecule has 0 aliphatic carbocycles. The molecule has 0 spiro atoms. The van der Waals surface area contributed by atoms with Crippen molar-refractivity contribution in [2.24, 2.45) is 0 Å². The lowest BCUT2D eigenvalue weighted by molar-refractivity contribution is -0.0154. The van der Waals surface area contributed by atoms with Crippen LogP contribution in [0, 0.1) is 6.92 Å². The molecule has 1 fully saturated rings. The number of likely N-dealkylation sites (tertiary alicyclic amines) is 1. The molecule has 182 valence electrons. The van der Waals surface area contributed by atoms with E-state index in [4.69, 9.17) is 9.84 Å². The summed E-state index contributed by atoms with van der Waals surface area (Å²) in [4.78, 5) is 17.0. The molecule has 9 nitrogen and oxygen atoms in total. The number of hydrogen-bond acceptors (Lipinski definition) is 6. The number of piperidine rings is 1. The highest BCUT2D eigenvalue weighted by molar-refractivity contribution is 5.65. The molecule has 1 amide bonds. The van der Waals surface area contributed by atoms with Crippen LogP contribution in [0.15, 0.2) is 42.6 Å². The Morgan fingerprint density at radius 2 is 2.00 bits per heavy atom. The van der Waals surface area contributed by atoms with Gasteiger partial charge in [-0.15, -0.1) is 0 Å². The molecule has 3 N–H and O–H groups in total. The first-order chi connectivity index (χ1) is 16.3. The van der Waals surface area contributed by atoms with Gasteiger partial charge in [0.05, 0.1) is 18.4 Å². The van der Waals surface area contributed by atoms with Crippen LogP contribution >= 0.6 is 0 Å². The van der Waals surface area contributed by atoms with Gasteiger partial charge >= 0.3 is 6.09 Å². The zero-order chi connectivity index (χ0) is 24.1. The molecule has 2 aromatic heterocycles. The summed E-state index contributed by atoms with van der Waals surface area (Å²) in [5, 5.41) is 27.6. The monoisotopic (exact) mass is 467 g/mol. The molecule has 34 heavy (non-hydrogen) atoms. The molecule has 9 heteroatoms. The van der Waals surface area contributed by atoms with Crippen molar-refractivity contribution in [3.63, 3.8) is 0 Å². The predicted octanol–water partition coefficient (Wildman–Crippen LogP) is 2.86. The summed E-state index contributed by atoms with van der Waals surface area (Å²) in [6.45, 7) is 6.48. The highest BCUT2D eigenvalue weighted by Gasteiger charge is 2.33. The molecular weight excluding hydrogens is 434 g/mol. The van der Waals surface area contributed by atoms with Crippen molar-refractivity contribution in [1.82, 2.24) is 24.8 Å². The molecule has 0 saturated carbocycles. The number of aliphatic hydroxyl groups is 1. The normalized spacial score (nSPS) is 16.5. The Hall–Kier alpha value is -3.17. The molecule has 3 aromatic rings. The predicted molar refractivity (Wildman–Crippen MR) is 128 cm³/mol. The van der Waals surface area contributed by atoms with Crippen LogP contribution in [0.4, 0.5) is 4.79 Å². The number of aromatic nitrogens is 3. The van der Waals surface area contributed by atoms with E-state index in [1.807, 2.05) is 37.4 Å². The lowest BCUT2D eigenvalue weighted by atomic mass is 9.91. The van der Waals surface area contributed by atoms with Gasteiger partial charge in [0.2, 0.25) is 0 Å². The summed E-state index contributed by atoms with van der Waals surface area (Å²) in [5.74, 6) is 1.76. The number of nitrogens with zero attached hydrogens (tertiary/aromatic N) is 4. The van der Waals surface area contributed by atoms with Crippen molar-refractivity contribution < 1.29 is 19.7 Å². The van der Waals surface area contributed by atoms with E-state index in [-0.39, 0.29) is 5.92 Å². The van der Waals surface area contributed by atoms with Crippen molar-refractivity contribution in [1.29, 1.82) is 0 Å². The summed E-state index contributed by atoms with van der Waals surface area (Å²) in [7, 11) is 0. The Bertz CT molecular complexity index is 1110. The van der Waals surface area contributed by atoms with Gasteiger partial charge in [-0.2, -0.15) is 5.10 Å². The minimum atomic E-state index is -0.928. The van der Waals surface area contributed by atoms with Crippen LogP contribution < -0.4 is 10.1 Å². The standard InChI is InChI=1S/C25H33N5O4/c1-18-14-21(34-16-19(2)20-6-4-3-5-7-20)15-30-23(18)27-22(28-30)8-11-26-17-25(33)9-12-29(13-10-25)24(31)32/h3-7,14-15,19,26,33H,8-13,16-17H2,1-2H3,(H,31,32). The number of carbonyl (C=O) groups is 1. The molecule has 3 heterocycles.